The van der Waals surface area contributed by atoms with Crippen LogP contribution in [0.15, 0.2) is 88.8 Å². The zero-order valence-electron chi connectivity index (χ0n) is 17.2. The Kier molecular flexibility index (Phi) is 6.40. The van der Waals surface area contributed by atoms with Crippen molar-refractivity contribution in [3.63, 3.8) is 0 Å². The molecule has 4 nitrogen and oxygen atoms in total. The molecule has 168 valence electrons. The number of nitrogens with two attached hydrogens (primary N) is 1. The molecule has 1 heterocycles. The highest BCUT2D eigenvalue weighted by Gasteiger charge is 2.30. The standard InChI is InChI=1S/C25H19F3N2O2S/c26-25(27,28)18-7-8-20-22(14-18)30-10-9-23(20)33-19-6-2-5-17(13-19)16-4-1-3-15(11-16)12-21(29)24(31)32/h1-11,13-14,21H,12,29H2,(H,31,32). The van der Waals surface area contributed by atoms with Crippen LogP contribution in [0.4, 0.5) is 13.2 Å². The van der Waals surface area contributed by atoms with Crippen molar-refractivity contribution in [2.24, 2.45) is 5.73 Å². The van der Waals surface area contributed by atoms with E-state index in [1.54, 1.807) is 6.07 Å². The van der Waals surface area contributed by atoms with Gasteiger partial charge in [0.15, 0.2) is 0 Å². The molecule has 4 rings (SSSR count). The molecule has 0 spiro atoms. The van der Waals surface area contributed by atoms with Crippen molar-refractivity contribution in [2.45, 2.75) is 28.4 Å². The van der Waals surface area contributed by atoms with Gasteiger partial charge in [0.25, 0.3) is 0 Å². The molecule has 3 aromatic carbocycles. The number of carboxylic acids is 1. The fourth-order valence-electron chi connectivity index (χ4n) is 3.47. The SMILES string of the molecule is NC(Cc1cccc(-c2cccc(Sc3ccnc4cc(C(F)(F)F)ccc34)c2)c1)C(=O)O. The largest absolute Gasteiger partial charge is 0.480 e. The quantitative estimate of drug-likeness (QED) is 0.362. The maximum absolute atomic E-state index is 13.0. The number of halogens is 3. The first-order valence-corrected chi connectivity index (χ1v) is 10.8. The molecule has 0 aliphatic heterocycles. The van der Waals surface area contributed by atoms with Crippen molar-refractivity contribution < 1.29 is 23.1 Å². The monoisotopic (exact) mass is 468 g/mol. The summed E-state index contributed by atoms with van der Waals surface area (Å²) in [6.45, 7) is 0. The van der Waals surface area contributed by atoms with E-state index in [0.717, 1.165) is 38.6 Å². The van der Waals surface area contributed by atoms with Crippen LogP contribution in [0.3, 0.4) is 0 Å². The fourth-order valence-corrected chi connectivity index (χ4v) is 4.47. The first kappa shape index (κ1) is 22.8. The van der Waals surface area contributed by atoms with Crippen LogP contribution >= 0.6 is 11.8 Å². The van der Waals surface area contributed by atoms with Gasteiger partial charge in [-0.3, -0.25) is 9.78 Å². The highest BCUT2D eigenvalue weighted by molar-refractivity contribution is 7.99. The van der Waals surface area contributed by atoms with Crippen LogP contribution < -0.4 is 5.73 Å². The van der Waals surface area contributed by atoms with Gasteiger partial charge in [-0.2, -0.15) is 13.2 Å². The van der Waals surface area contributed by atoms with E-state index >= 15 is 0 Å². The Bertz CT molecular complexity index is 1320. The number of rotatable bonds is 6. The highest BCUT2D eigenvalue weighted by Crippen LogP contribution is 2.37. The Morgan fingerprint density at radius 2 is 1.73 bits per heavy atom. The molecular formula is C25H19F3N2O2S. The number of fused-ring (bicyclic) bond motifs is 1. The number of carboxylic acid groups (broad SMARTS) is 1. The van der Waals surface area contributed by atoms with Gasteiger partial charge in [0.2, 0.25) is 0 Å². The third-order valence-corrected chi connectivity index (χ3v) is 6.19. The number of carbonyl (C=O) groups is 1. The van der Waals surface area contributed by atoms with Crippen molar-refractivity contribution in [3.8, 4) is 11.1 Å². The Labute approximate surface area is 192 Å². The predicted octanol–water partition coefficient (Wildman–Crippen LogP) is 6.03. The van der Waals surface area contributed by atoms with Crippen molar-refractivity contribution in [3.05, 3.63) is 90.1 Å². The molecule has 0 aliphatic carbocycles. The fraction of sp³-hybridized carbons (Fsp3) is 0.120. The van der Waals surface area contributed by atoms with E-state index in [1.807, 2.05) is 48.5 Å². The average molecular weight is 469 g/mol. The number of pyridine rings is 1. The van der Waals surface area contributed by atoms with E-state index in [9.17, 15) is 18.0 Å². The molecule has 3 N–H and O–H groups in total. The Hall–Kier alpha value is -3.36. The van der Waals surface area contributed by atoms with Crippen LogP contribution in [0.1, 0.15) is 11.1 Å². The van der Waals surface area contributed by atoms with E-state index in [1.165, 1.54) is 24.0 Å². The molecule has 33 heavy (non-hydrogen) atoms. The van der Waals surface area contributed by atoms with E-state index in [4.69, 9.17) is 10.8 Å². The van der Waals surface area contributed by atoms with Crippen molar-refractivity contribution in [1.82, 2.24) is 4.98 Å². The third-order valence-electron chi connectivity index (χ3n) is 5.13. The third kappa shape index (κ3) is 5.35. The Balaban J connectivity index is 1.62. The number of aliphatic carboxylic acids is 1. The topological polar surface area (TPSA) is 76.2 Å². The van der Waals surface area contributed by atoms with Crippen LogP contribution in [0.5, 0.6) is 0 Å². The van der Waals surface area contributed by atoms with E-state index in [2.05, 4.69) is 4.98 Å². The van der Waals surface area contributed by atoms with Gasteiger partial charge < -0.3 is 10.8 Å². The first-order chi connectivity index (χ1) is 15.7. The number of benzene rings is 3. The van der Waals surface area contributed by atoms with E-state index in [-0.39, 0.29) is 11.9 Å². The summed E-state index contributed by atoms with van der Waals surface area (Å²) in [4.78, 5) is 16.9. The summed E-state index contributed by atoms with van der Waals surface area (Å²) in [7, 11) is 0. The van der Waals surface area contributed by atoms with Gasteiger partial charge in [0, 0.05) is 21.4 Å². The minimum atomic E-state index is -4.42. The molecule has 0 saturated heterocycles. The van der Waals surface area contributed by atoms with E-state index < -0.39 is 23.8 Å². The predicted molar refractivity (Wildman–Crippen MR) is 122 cm³/mol. The maximum Gasteiger partial charge on any atom is 0.416 e. The Morgan fingerprint density at radius 1 is 1.00 bits per heavy atom. The van der Waals surface area contributed by atoms with Crippen LogP contribution in [-0.2, 0) is 17.4 Å². The number of alkyl halides is 3. The zero-order chi connectivity index (χ0) is 23.6. The summed E-state index contributed by atoms with van der Waals surface area (Å²) in [6.07, 6.45) is -2.69. The van der Waals surface area contributed by atoms with Gasteiger partial charge in [0.1, 0.15) is 6.04 Å². The van der Waals surface area contributed by atoms with Gasteiger partial charge in [-0.05, 0) is 53.4 Å². The smallest absolute Gasteiger partial charge is 0.416 e. The average Bonchev–Trinajstić information content (AvgIpc) is 2.78. The molecule has 0 aliphatic rings. The van der Waals surface area contributed by atoms with Crippen LogP contribution in [0, 0.1) is 0 Å². The van der Waals surface area contributed by atoms with Crippen LogP contribution in [0.25, 0.3) is 22.0 Å². The van der Waals surface area contributed by atoms with Gasteiger partial charge >= 0.3 is 12.1 Å². The lowest BCUT2D eigenvalue weighted by atomic mass is 10.00. The number of nitrogens with zero attached hydrogens (tertiary/aromatic N) is 1. The van der Waals surface area contributed by atoms with E-state index in [0.29, 0.717) is 5.39 Å². The summed E-state index contributed by atoms with van der Waals surface area (Å²) < 4.78 is 39.1. The van der Waals surface area contributed by atoms with Crippen molar-refractivity contribution >= 4 is 28.6 Å². The summed E-state index contributed by atoms with van der Waals surface area (Å²) in [6, 6.07) is 19.7. The maximum atomic E-state index is 13.0. The van der Waals surface area contributed by atoms with Crippen molar-refractivity contribution in [1.29, 1.82) is 0 Å². The minimum absolute atomic E-state index is 0.223. The molecule has 4 aromatic rings. The second-order valence-corrected chi connectivity index (χ2v) is 8.63. The molecule has 0 radical (unpaired) electrons. The lowest BCUT2D eigenvalue weighted by molar-refractivity contribution is -0.139. The van der Waals surface area contributed by atoms with Crippen LogP contribution in [0.2, 0.25) is 0 Å². The Morgan fingerprint density at radius 3 is 2.45 bits per heavy atom. The molecule has 1 unspecified atom stereocenters. The number of aromatic nitrogens is 1. The van der Waals surface area contributed by atoms with Gasteiger partial charge in [-0.1, -0.05) is 54.2 Å². The minimum Gasteiger partial charge on any atom is -0.480 e. The lowest BCUT2D eigenvalue weighted by Crippen LogP contribution is -2.32. The second kappa shape index (κ2) is 9.25. The second-order valence-electron chi connectivity index (χ2n) is 7.52. The lowest BCUT2D eigenvalue weighted by Gasteiger charge is -2.11. The molecule has 0 fully saturated rings. The number of hydrogen-bond acceptors (Lipinski definition) is 4. The molecular weight excluding hydrogens is 449 g/mol. The van der Waals surface area contributed by atoms with Crippen LogP contribution in [-0.4, -0.2) is 22.1 Å². The highest BCUT2D eigenvalue weighted by atomic mass is 32.2. The normalized spacial score (nSPS) is 12.6. The van der Waals surface area contributed by atoms with Crippen molar-refractivity contribution in [2.75, 3.05) is 0 Å². The number of hydrogen-bond donors (Lipinski definition) is 2. The van der Waals surface area contributed by atoms with Gasteiger partial charge in [0.05, 0.1) is 11.1 Å². The molecule has 1 atom stereocenters. The summed E-state index contributed by atoms with van der Waals surface area (Å²) in [5.74, 6) is -1.05. The molecule has 0 amide bonds. The molecule has 8 heteroatoms. The van der Waals surface area contributed by atoms with Gasteiger partial charge in [-0.15, -0.1) is 0 Å². The summed E-state index contributed by atoms with van der Waals surface area (Å²) in [5, 5.41) is 9.69. The zero-order valence-corrected chi connectivity index (χ0v) is 18.0. The summed E-state index contributed by atoms with van der Waals surface area (Å²) >= 11 is 1.44. The van der Waals surface area contributed by atoms with Gasteiger partial charge in [-0.25, -0.2) is 0 Å². The first-order valence-electron chi connectivity index (χ1n) is 10.0. The summed E-state index contributed by atoms with van der Waals surface area (Å²) in [5.41, 5.74) is 7.89. The molecule has 1 aromatic heterocycles. The molecule has 0 saturated carbocycles. The molecule has 0 bridgehead atoms.